The standard InChI is InChI=1S/C24H22Cl2N4O6/c1-13(2)22(28-23(31)14-4-8-18(25)19(26)10-14)24(32)29-27-12-16-6-9-21(36-16)17-7-5-15(35-3)11-20(17)30(33)34/h4-13,22H,1-3H3,(H,28,31)(H,29,32)/b27-12-. The molecule has 0 spiro atoms. The number of methoxy groups -OCH3 is 1. The van der Waals surface area contributed by atoms with Gasteiger partial charge in [0.1, 0.15) is 23.3 Å². The molecule has 0 radical (unpaired) electrons. The van der Waals surface area contributed by atoms with Crippen molar-refractivity contribution in [2.75, 3.05) is 7.11 Å². The number of nitro benzene ring substituents is 1. The van der Waals surface area contributed by atoms with Crippen LogP contribution in [0.25, 0.3) is 11.3 Å². The van der Waals surface area contributed by atoms with E-state index in [1.54, 1.807) is 32.0 Å². The maximum atomic E-state index is 12.7. The molecule has 1 unspecified atom stereocenters. The maximum Gasteiger partial charge on any atom is 0.284 e. The van der Waals surface area contributed by atoms with E-state index in [4.69, 9.17) is 32.4 Å². The summed E-state index contributed by atoms with van der Waals surface area (Å²) in [5.41, 5.74) is 2.70. The topological polar surface area (TPSA) is 136 Å². The molecule has 2 aromatic carbocycles. The first-order valence-electron chi connectivity index (χ1n) is 10.6. The first-order valence-corrected chi connectivity index (χ1v) is 11.4. The van der Waals surface area contributed by atoms with Crippen LogP contribution in [0.2, 0.25) is 10.0 Å². The number of amides is 2. The lowest BCUT2D eigenvalue weighted by Gasteiger charge is -2.20. The molecule has 0 aliphatic rings. The Bertz CT molecular complexity index is 1320. The van der Waals surface area contributed by atoms with Crippen LogP contribution in [-0.2, 0) is 4.79 Å². The third-order valence-electron chi connectivity index (χ3n) is 5.08. The molecule has 12 heteroatoms. The molecule has 0 bridgehead atoms. The van der Waals surface area contributed by atoms with Crippen LogP contribution in [0, 0.1) is 16.0 Å². The molecule has 1 atom stereocenters. The van der Waals surface area contributed by atoms with Crippen molar-refractivity contribution in [1.82, 2.24) is 10.7 Å². The number of rotatable bonds is 9. The Labute approximate surface area is 216 Å². The van der Waals surface area contributed by atoms with E-state index < -0.39 is 22.8 Å². The summed E-state index contributed by atoms with van der Waals surface area (Å²) in [6.45, 7) is 3.54. The van der Waals surface area contributed by atoms with Crippen molar-refractivity contribution in [3.8, 4) is 17.1 Å². The first-order chi connectivity index (χ1) is 17.1. The van der Waals surface area contributed by atoms with E-state index in [2.05, 4.69) is 15.8 Å². The molecular formula is C24H22Cl2N4O6. The Morgan fingerprint density at radius 3 is 2.50 bits per heavy atom. The van der Waals surface area contributed by atoms with Gasteiger partial charge >= 0.3 is 0 Å². The number of carbonyl (C=O) groups excluding carboxylic acids is 2. The molecule has 0 aliphatic heterocycles. The van der Waals surface area contributed by atoms with Crippen molar-refractivity contribution in [3.63, 3.8) is 0 Å². The Morgan fingerprint density at radius 1 is 1.11 bits per heavy atom. The van der Waals surface area contributed by atoms with Crippen LogP contribution in [0.4, 0.5) is 5.69 Å². The van der Waals surface area contributed by atoms with Crippen molar-refractivity contribution >= 4 is 46.9 Å². The zero-order valence-electron chi connectivity index (χ0n) is 19.5. The summed E-state index contributed by atoms with van der Waals surface area (Å²) >= 11 is 11.9. The van der Waals surface area contributed by atoms with Crippen molar-refractivity contribution in [3.05, 3.63) is 80.0 Å². The second-order valence-electron chi connectivity index (χ2n) is 7.90. The molecule has 0 aliphatic carbocycles. The van der Waals surface area contributed by atoms with Crippen LogP contribution < -0.4 is 15.5 Å². The zero-order valence-corrected chi connectivity index (χ0v) is 21.0. The minimum absolute atomic E-state index is 0.182. The number of hydrogen-bond donors (Lipinski definition) is 2. The molecule has 0 saturated carbocycles. The Morgan fingerprint density at radius 2 is 1.86 bits per heavy atom. The van der Waals surface area contributed by atoms with Crippen LogP contribution in [0.5, 0.6) is 5.75 Å². The van der Waals surface area contributed by atoms with Crippen LogP contribution in [0.1, 0.15) is 30.0 Å². The average molecular weight is 533 g/mol. The quantitative estimate of drug-likeness (QED) is 0.224. The summed E-state index contributed by atoms with van der Waals surface area (Å²) in [6, 6.07) is 11.0. The highest BCUT2D eigenvalue weighted by atomic mass is 35.5. The van der Waals surface area contributed by atoms with Gasteiger partial charge in [0.2, 0.25) is 0 Å². The highest BCUT2D eigenvalue weighted by Crippen LogP contribution is 2.34. The lowest BCUT2D eigenvalue weighted by atomic mass is 10.0. The van der Waals surface area contributed by atoms with Crippen molar-refractivity contribution in [2.45, 2.75) is 19.9 Å². The van der Waals surface area contributed by atoms with Gasteiger partial charge in [-0.25, -0.2) is 5.43 Å². The van der Waals surface area contributed by atoms with E-state index in [1.807, 2.05) is 0 Å². The number of halogens is 2. The van der Waals surface area contributed by atoms with Crippen LogP contribution >= 0.6 is 23.2 Å². The lowest BCUT2D eigenvalue weighted by molar-refractivity contribution is -0.384. The smallest absolute Gasteiger partial charge is 0.284 e. The molecule has 0 saturated heterocycles. The summed E-state index contributed by atoms with van der Waals surface area (Å²) in [7, 11) is 1.41. The normalized spacial score (nSPS) is 11.9. The molecule has 1 heterocycles. The fourth-order valence-electron chi connectivity index (χ4n) is 3.19. The van der Waals surface area contributed by atoms with Gasteiger partial charge in [-0.3, -0.25) is 19.7 Å². The predicted molar refractivity (Wildman–Crippen MR) is 136 cm³/mol. The lowest BCUT2D eigenvalue weighted by Crippen LogP contribution is -2.48. The number of furan rings is 1. The zero-order chi connectivity index (χ0) is 26.4. The summed E-state index contributed by atoms with van der Waals surface area (Å²) in [5, 5.41) is 18.5. The van der Waals surface area contributed by atoms with Gasteiger partial charge in [0.05, 0.1) is 39.9 Å². The van der Waals surface area contributed by atoms with E-state index in [0.717, 1.165) is 0 Å². The van der Waals surface area contributed by atoms with Gasteiger partial charge in [0, 0.05) is 5.56 Å². The number of nitrogens with one attached hydrogen (secondary N) is 2. The van der Waals surface area contributed by atoms with Gasteiger partial charge in [-0.1, -0.05) is 37.0 Å². The van der Waals surface area contributed by atoms with Crippen molar-refractivity contribution < 1.29 is 23.7 Å². The second kappa shape index (κ2) is 11.7. The van der Waals surface area contributed by atoms with Gasteiger partial charge in [-0.15, -0.1) is 0 Å². The number of benzene rings is 2. The van der Waals surface area contributed by atoms with Gasteiger partial charge in [-0.2, -0.15) is 5.10 Å². The van der Waals surface area contributed by atoms with E-state index in [1.165, 1.54) is 43.7 Å². The fraction of sp³-hybridized carbons (Fsp3) is 0.208. The summed E-state index contributed by atoms with van der Waals surface area (Å²) < 4.78 is 10.7. The monoisotopic (exact) mass is 532 g/mol. The summed E-state index contributed by atoms with van der Waals surface area (Å²) in [5.74, 6) is -0.469. The molecule has 2 N–H and O–H groups in total. The Kier molecular flexibility index (Phi) is 8.68. The molecule has 2 amide bonds. The summed E-state index contributed by atoms with van der Waals surface area (Å²) in [6.07, 6.45) is 1.24. The van der Waals surface area contributed by atoms with E-state index in [0.29, 0.717) is 10.8 Å². The number of hydrazone groups is 1. The largest absolute Gasteiger partial charge is 0.497 e. The predicted octanol–water partition coefficient (Wildman–Crippen LogP) is 5.07. The molecule has 3 rings (SSSR count). The van der Waals surface area contributed by atoms with E-state index >= 15 is 0 Å². The van der Waals surface area contributed by atoms with Crippen molar-refractivity contribution in [2.24, 2.45) is 11.0 Å². The molecule has 3 aromatic rings. The number of ether oxygens (including phenoxy) is 1. The molecule has 188 valence electrons. The van der Waals surface area contributed by atoms with Gasteiger partial charge in [0.25, 0.3) is 17.5 Å². The molecular weight excluding hydrogens is 511 g/mol. The fourth-order valence-corrected chi connectivity index (χ4v) is 3.49. The number of hydrogen-bond acceptors (Lipinski definition) is 7. The van der Waals surface area contributed by atoms with Crippen molar-refractivity contribution in [1.29, 1.82) is 0 Å². The van der Waals surface area contributed by atoms with E-state index in [-0.39, 0.29) is 39.3 Å². The second-order valence-corrected chi connectivity index (χ2v) is 8.71. The minimum Gasteiger partial charge on any atom is -0.497 e. The first kappa shape index (κ1) is 26.7. The Balaban J connectivity index is 1.68. The maximum absolute atomic E-state index is 12.7. The number of nitro groups is 1. The van der Waals surface area contributed by atoms with Gasteiger partial charge < -0.3 is 14.5 Å². The SMILES string of the molecule is COc1ccc(-c2ccc(/C=N\NC(=O)C(NC(=O)c3ccc(Cl)c(Cl)c3)C(C)C)o2)c([N+](=O)[O-])c1. The summed E-state index contributed by atoms with van der Waals surface area (Å²) in [4.78, 5) is 36.1. The van der Waals surface area contributed by atoms with E-state index in [9.17, 15) is 19.7 Å². The van der Waals surface area contributed by atoms with Gasteiger partial charge in [0.15, 0.2) is 0 Å². The highest BCUT2D eigenvalue weighted by molar-refractivity contribution is 6.42. The van der Waals surface area contributed by atoms with Crippen LogP contribution in [-0.4, -0.2) is 36.1 Å². The number of carbonyl (C=O) groups is 2. The third-order valence-corrected chi connectivity index (χ3v) is 5.82. The van der Waals surface area contributed by atoms with Crippen LogP contribution in [0.3, 0.4) is 0 Å². The molecule has 10 nitrogen and oxygen atoms in total. The third kappa shape index (κ3) is 6.41. The van der Waals surface area contributed by atoms with Gasteiger partial charge in [-0.05, 0) is 48.4 Å². The molecule has 1 aromatic heterocycles. The molecule has 0 fully saturated rings. The minimum atomic E-state index is -0.891. The van der Waals surface area contributed by atoms with Crippen LogP contribution in [0.15, 0.2) is 58.0 Å². The average Bonchev–Trinajstić information content (AvgIpc) is 3.31. The Hall–Kier alpha value is -3.89. The molecule has 36 heavy (non-hydrogen) atoms. The number of nitrogens with zero attached hydrogens (tertiary/aromatic N) is 2. The highest BCUT2D eigenvalue weighted by Gasteiger charge is 2.25.